The molecule has 1 N–H and O–H groups in total. The van der Waals surface area contributed by atoms with Crippen LogP contribution in [-0.2, 0) is 4.74 Å². The van der Waals surface area contributed by atoms with Crippen molar-refractivity contribution in [3.05, 3.63) is 0 Å². The Bertz CT molecular complexity index is 257. The van der Waals surface area contributed by atoms with Crippen molar-refractivity contribution in [1.29, 1.82) is 0 Å². The average molecular weight is 390 g/mol. The van der Waals surface area contributed by atoms with E-state index in [4.69, 9.17) is 4.74 Å². The molecule has 2 nitrogen and oxygen atoms in total. The van der Waals surface area contributed by atoms with Crippen molar-refractivity contribution in [3.63, 3.8) is 0 Å². The number of hydrogen-bond donors (Lipinski definition) is 1. The molecule has 1 heterocycles. The van der Waals surface area contributed by atoms with Crippen LogP contribution < -0.4 is 5.32 Å². The zero-order chi connectivity index (χ0) is 17.8. The molecule has 26 heavy (non-hydrogen) atoms. The fraction of sp³-hybridized carbons (Fsp3) is 1.00. The monoisotopic (exact) mass is 389 g/mol. The smallest absolute Gasteiger partial charge is 0.0700 e. The summed E-state index contributed by atoms with van der Waals surface area (Å²) in [6.07, 6.45) is 26.4. The van der Waals surface area contributed by atoms with Crippen LogP contribution in [0.3, 0.4) is 0 Å². The van der Waals surface area contributed by atoms with Crippen LogP contribution in [0.25, 0.3) is 0 Å². The fourth-order valence-corrected chi connectivity index (χ4v) is 3.90. The van der Waals surface area contributed by atoms with Crippen LogP contribution in [0, 0.1) is 0 Å². The molecule has 0 amide bonds. The molecule has 1 rings (SSSR count). The van der Waals surface area contributed by atoms with Crippen LogP contribution in [-0.4, -0.2) is 25.8 Å². The van der Waals surface area contributed by atoms with Gasteiger partial charge in [-0.15, -0.1) is 12.4 Å². The Kier molecular flexibility index (Phi) is 21.7. The van der Waals surface area contributed by atoms with Crippen LogP contribution in [0.1, 0.15) is 122 Å². The fourth-order valence-electron chi connectivity index (χ4n) is 3.90. The number of halogens is 1. The van der Waals surface area contributed by atoms with Crippen LogP contribution in [0.15, 0.2) is 0 Å². The summed E-state index contributed by atoms with van der Waals surface area (Å²) in [5.74, 6) is 0. The normalized spacial score (nSPS) is 17.2. The maximum absolute atomic E-state index is 5.74. The zero-order valence-corrected chi connectivity index (χ0v) is 18.6. The van der Waals surface area contributed by atoms with Crippen LogP contribution >= 0.6 is 12.4 Å². The first-order valence-corrected chi connectivity index (χ1v) is 11.8. The van der Waals surface area contributed by atoms with Crippen molar-refractivity contribution >= 4 is 12.4 Å². The van der Waals surface area contributed by atoms with Gasteiger partial charge in [-0.1, -0.05) is 116 Å². The Hall–Kier alpha value is 0.210. The van der Waals surface area contributed by atoms with Gasteiger partial charge in [0, 0.05) is 13.1 Å². The third-order valence-corrected chi connectivity index (χ3v) is 5.63. The highest BCUT2D eigenvalue weighted by Crippen LogP contribution is 2.15. The van der Waals surface area contributed by atoms with Crippen molar-refractivity contribution in [2.75, 3.05) is 19.7 Å². The van der Waals surface area contributed by atoms with Gasteiger partial charge >= 0.3 is 0 Å². The summed E-state index contributed by atoms with van der Waals surface area (Å²) in [5.41, 5.74) is 0. The number of morpholine rings is 1. The topological polar surface area (TPSA) is 21.3 Å². The average Bonchev–Trinajstić information content (AvgIpc) is 2.65. The molecule has 0 radical (unpaired) electrons. The second-order valence-corrected chi connectivity index (χ2v) is 8.14. The predicted molar refractivity (Wildman–Crippen MR) is 119 cm³/mol. The largest absolute Gasteiger partial charge is 0.376 e. The lowest BCUT2D eigenvalue weighted by Crippen LogP contribution is -2.38. The van der Waals surface area contributed by atoms with E-state index in [0.29, 0.717) is 6.10 Å². The Balaban J connectivity index is 0.00000625. The van der Waals surface area contributed by atoms with Gasteiger partial charge < -0.3 is 10.1 Å². The molecule has 1 saturated heterocycles. The minimum atomic E-state index is 0. The molecule has 0 aliphatic carbocycles. The molecular weight excluding hydrogens is 342 g/mol. The van der Waals surface area contributed by atoms with E-state index in [1.165, 1.54) is 116 Å². The third kappa shape index (κ3) is 17.6. The van der Waals surface area contributed by atoms with Crippen molar-refractivity contribution in [3.8, 4) is 0 Å². The maximum Gasteiger partial charge on any atom is 0.0700 e. The predicted octanol–water partition coefficient (Wildman–Crippen LogP) is 7.44. The SMILES string of the molecule is CCCCCCCCCCCCCCCCCCCC1CNCCO1.Cl. The molecule has 1 unspecified atom stereocenters. The van der Waals surface area contributed by atoms with Crippen molar-refractivity contribution in [1.82, 2.24) is 5.32 Å². The minimum Gasteiger partial charge on any atom is -0.376 e. The number of nitrogens with one attached hydrogen (secondary N) is 1. The van der Waals surface area contributed by atoms with Crippen molar-refractivity contribution < 1.29 is 4.74 Å². The summed E-state index contributed by atoms with van der Waals surface area (Å²) >= 11 is 0. The highest BCUT2D eigenvalue weighted by molar-refractivity contribution is 5.85. The molecule has 0 bridgehead atoms. The molecule has 3 heteroatoms. The van der Waals surface area contributed by atoms with E-state index in [9.17, 15) is 0 Å². The molecule has 1 atom stereocenters. The second kappa shape index (κ2) is 21.5. The van der Waals surface area contributed by atoms with Gasteiger partial charge in [0.1, 0.15) is 0 Å². The first kappa shape index (κ1) is 26.2. The minimum absolute atomic E-state index is 0. The Morgan fingerprint density at radius 2 is 1.08 bits per heavy atom. The van der Waals surface area contributed by atoms with Crippen LogP contribution in [0.4, 0.5) is 0 Å². The molecule has 1 aliphatic heterocycles. The first-order chi connectivity index (χ1) is 12.4. The van der Waals surface area contributed by atoms with Gasteiger partial charge in [-0.25, -0.2) is 0 Å². The van der Waals surface area contributed by atoms with Gasteiger partial charge in [-0.3, -0.25) is 0 Å². The third-order valence-electron chi connectivity index (χ3n) is 5.63. The summed E-state index contributed by atoms with van der Waals surface area (Å²) < 4.78 is 5.74. The summed E-state index contributed by atoms with van der Waals surface area (Å²) in [4.78, 5) is 0. The van der Waals surface area contributed by atoms with E-state index < -0.39 is 0 Å². The maximum atomic E-state index is 5.74. The second-order valence-electron chi connectivity index (χ2n) is 8.14. The summed E-state index contributed by atoms with van der Waals surface area (Å²) in [6, 6.07) is 0. The van der Waals surface area contributed by atoms with E-state index in [-0.39, 0.29) is 12.4 Å². The summed E-state index contributed by atoms with van der Waals surface area (Å²) in [6.45, 7) is 5.31. The Labute approximate surface area is 171 Å². The van der Waals surface area contributed by atoms with Gasteiger partial charge in [0.2, 0.25) is 0 Å². The molecule has 0 saturated carbocycles. The first-order valence-electron chi connectivity index (χ1n) is 11.8. The van der Waals surface area contributed by atoms with Gasteiger partial charge in [0.25, 0.3) is 0 Å². The number of rotatable bonds is 18. The standard InChI is InChI=1S/C23H47NO.ClH/c1-2-3-4-5-6-7-8-9-10-11-12-13-14-15-16-17-18-19-23-22-24-20-21-25-23;/h23-24H,2-22H2,1H3;1H. The molecule has 158 valence electrons. The van der Waals surface area contributed by atoms with E-state index in [2.05, 4.69) is 12.2 Å². The lowest BCUT2D eigenvalue weighted by molar-refractivity contribution is 0.0220. The number of hydrogen-bond acceptors (Lipinski definition) is 2. The number of ether oxygens (including phenoxy) is 1. The highest BCUT2D eigenvalue weighted by Gasteiger charge is 2.11. The summed E-state index contributed by atoms with van der Waals surface area (Å²) in [5, 5.41) is 3.42. The van der Waals surface area contributed by atoms with E-state index >= 15 is 0 Å². The Morgan fingerprint density at radius 1 is 0.654 bits per heavy atom. The Morgan fingerprint density at radius 3 is 1.46 bits per heavy atom. The molecule has 0 spiro atoms. The quantitative estimate of drug-likeness (QED) is 0.246. The molecule has 0 aromatic rings. The van der Waals surface area contributed by atoms with Crippen molar-refractivity contribution in [2.45, 2.75) is 129 Å². The van der Waals surface area contributed by atoms with Gasteiger partial charge in [-0.2, -0.15) is 0 Å². The molecule has 1 fully saturated rings. The van der Waals surface area contributed by atoms with E-state index in [1.54, 1.807) is 0 Å². The molecule has 0 aromatic carbocycles. The van der Waals surface area contributed by atoms with Crippen LogP contribution in [0.5, 0.6) is 0 Å². The molecule has 0 aromatic heterocycles. The van der Waals surface area contributed by atoms with Gasteiger partial charge in [-0.05, 0) is 6.42 Å². The lowest BCUT2D eigenvalue weighted by atomic mass is 10.0. The summed E-state index contributed by atoms with van der Waals surface area (Å²) in [7, 11) is 0. The van der Waals surface area contributed by atoms with Gasteiger partial charge in [0.05, 0.1) is 12.7 Å². The number of unbranched alkanes of at least 4 members (excludes halogenated alkanes) is 16. The molecular formula is C23H48ClNO. The molecule has 1 aliphatic rings. The zero-order valence-electron chi connectivity index (χ0n) is 17.7. The van der Waals surface area contributed by atoms with Crippen molar-refractivity contribution in [2.24, 2.45) is 0 Å². The van der Waals surface area contributed by atoms with Gasteiger partial charge in [0.15, 0.2) is 0 Å². The highest BCUT2D eigenvalue weighted by atomic mass is 35.5. The lowest BCUT2D eigenvalue weighted by Gasteiger charge is -2.23. The van der Waals surface area contributed by atoms with Crippen LogP contribution in [0.2, 0.25) is 0 Å². The van der Waals surface area contributed by atoms with E-state index in [0.717, 1.165) is 19.7 Å². The van der Waals surface area contributed by atoms with E-state index in [1.807, 2.05) is 0 Å².